The van der Waals surface area contributed by atoms with Gasteiger partial charge in [-0.3, -0.25) is 4.79 Å². The van der Waals surface area contributed by atoms with E-state index < -0.39 is 11.7 Å². The predicted octanol–water partition coefficient (Wildman–Crippen LogP) is 2.82. The molecule has 2 N–H and O–H groups in total. The van der Waals surface area contributed by atoms with Gasteiger partial charge in [0.05, 0.1) is 5.56 Å². The first-order valence-electron chi connectivity index (χ1n) is 6.17. The summed E-state index contributed by atoms with van der Waals surface area (Å²) >= 11 is 0. The summed E-state index contributed by atoms with van der Waals surface area (Å²) in [5.74, 6) is -0.488. The maximum Gasteiger partial charge on any atom is 0.419 e. The van der Waals surface area contributed by atoms with Gasteiger partial charge in [0.25, 0.3) is 0 Å². The molecular formula is C13H18F3N3O. The quantitative estimate of drug-likeness (QED) is 0.896. The largest absolute Gasteiger partial charge is 0.419 e. The minimum atomic E-state index is -4.47. The smallest absolute Gasteiger partial charge is 0.369 e. The summed E-state index contributed by atoms with van der Waals surface area (Å²) in [5.41, 5.74) is -1.20. The molecule has 0 saturated carbocycles. The predicted molar refractivity (Wildman–Crippen MR) is 70.2 cm³/mol. The maximum absolute atomic E-state index is 12.7. The highest BCUT2D eigenvalue weighted by Crippen LogP contribution is 2.33. The molecule has 112 valence electrons. The summed E-state index contributed by atoms with van der Waals surface area (Å²) in [4.78, 5) is 15.2. The van der Waals surface area contributed by atoms with E-state index >= 15 is 0 Å². The Kier molecular flexibility index (Phi) is 4.97. The number of amides is 1. The van der Waals surface area contributed by atoms with Crippen LogP contribution in [0.15, 0.2) is 18.3 Å². The van der Waals surface area contributed by atoms with E-state index in [0.29, 0.717) is 0 Å². The van der Waals surface area contributed by atoms with Gasteiger partial charge in [-0.2, -0.15) is 13.2 Å². The van der Waals surface area contributed by atoms with Crippen LogP contribution in [-0.2, 0) is 11.0 Å². The molecule has 0 aliphatic carbocycles. The number of carbonyl (C=O) groups excluding carboxylic acids is 1. The Hall–Kier alpha value is -1.79. The summed E-state index contributed by atoms with van der Waals surface area (Å²) in [6.07, 6.45) is -3.12. The monoisotopic (exact) mass is 289 g/mol. The van der Waals surface area contributed by atoms with E-state index in [-0.39, 0.29) is 30.2 Å². The number of anilines is 1. The SMILES string of the molecule is CC(C)(C)NC(=O)CCNc1ncccc1C(F)(F)F. The van der Waals surface area contributed by atoms with E-state index in [1.165, 1.54) is 12.3 Å². The number of nitrogens with zero attached hydrogens (tertiary/aromatic N) is 1. The number of halogens is 3. The van der Waals surface area contributed by atoms with Gasteiger partial charge in [0, 0.05) is 24.7 Å². The van der Waals surface area contributed by atoms with Gasteiger partial charge >= 0.3 is 6.18 Å². The van der Waals surface area contributed by atoms with Gasteiger partial charge in [0.2, 0.25) is 5.91 Å². The molecule has 0 aromatic carbocycles. The number of hydrogen-bond acceptors (Lipinski definition) is 3. The number of carbonyl (C=O) groups is 1. The van der Waals surface area contributed by atoms with Crippen molar-refractivity contribution in [1.82, 2.24) is 10.3 Å². The summed E-state index contributed by atoms with van der Waals surface area (Å²) in [6, 6.07) is 2.17. The van der Waals surface area contributed by atoms with Crippen molar-refractivity contribution in [2.75, 3.05) is 11.9 Å². The second-order valence-electron chi connectivity index (χ2n) is 5.37. The highest BCUT2D eigenvalue weighted by molar-refractivity contribution is 5.77. The number of nitrogens with one attached hydrogen (secondary N) is 2. The number of rotatable bonds is 4. The van der Waals surface area contributed by atoms with Crippen molar-refractivity contribution in [3.8, 4) is 0 Å². The molecule has 0 spiro atoms. The standard InChI is InChI=1S/C13H18F3N3O/c1-12(2,3)19-10(20)6-8-18-11-9(13(14,15)16)5-4-7-17-11/h4-5,7H,6,8H2,1-3H3,(H,17,18)(H,19,20). The molecule has 7 heteroatoms. The van der Waals surface area contributed by atoms with Crippen LogP contribution >= 0.6 is 0 Å². The van der Waals surface area contributed by atoms with Crippen molar-refractivity contribution in [3.63, 3.8) is 0 Å². The van der Waals surface area contributed by atoms with Crippen LogP contribution in [0.4, 0.5) is 19.0 Å². The molecule has 0 atom stereocenters. The summed E-state index contributed by atoms with van der Waals surface area (Å²) < 4.78 is 38.1. The minimum Gasteiger partial charge on any atom is -0.369 e. The highest BCUT2D eigenvalue weighted by atomic mass is 19.4. The third-order valence-electron chi connectivity index (χ3n) is 2.27. The third kappa shape index (κ3) is 5.46. The first-order valence-corrected chi connectivity index (χ1v) is 6.17. The summed E-state index contributed by atoms with van der Waals surface area (Å²) in [5, 5.41) is 5.27. The van der Waals surface area contributed by atoms with E-state index in [1.54, 1.807) is 0 Å². The number of aromatic nitrogens is 1. The molecule has 1 heterocycles. The number of pyridine rings is 1. The van der Waals surface area contributed by atoms with Crippen LogP contribution in [0, 0.1) is 0 Å². The Morgan fingerprint density at radius 2 is 1.95 bits per heavy atom. The van der Waals surface area contributed by atoms with Gasteiger partial charge < -0.3 is 10.6 Å². The Morgan fingerprint density at radius 1 is 1.30 bits per heavy atom. The lowest BCUT2D eigenvalue weighted by atomic mass is 10.1. The third-order valence-corrected chi connectivity index (χ3v) is 2.27. The Bertz CT molecular complexity index is 467. The molecule has 0 aliphatic heterocycles. The molecule has 0 radical (unpaired) electrons. The summed E-state index contributed by atoms with van der Waals surface area (Å²) in [6.45, 7) is 5.58. The lowest BCUT2D eigenvalue weighted by Crippen LogP contribution is -2.41. The lowest BCUT2D eigenvalue weighted by Gasteiger charge is -2.20. The molecule has 20 heavy (non-hydrogen) atoms. The fraction of sp³-hybridized carbons (Fsp3) is 0.538. The van der Waals surface area contributed by atoms with E-state index in [1.807, 2.05) is 20.8 Å². The topological polar surface area (TPSA) is 54.0 Å². The van der Waals surface area contributed by atoms with Gasteiger partial charge in [-0.1, -0.05) is 0 Å². The Labute approximate surface area is 115 Å². The Morgan fingerprint density at radius 3 is 2.50 bits per heavy atom. The highest BCUT2D eigenvalue weighted by Gasteiger charge is 2.33. The molecule has 0 unspecified atom stereocenters. The molecule has 1 aromatic rings. The fourth-order valence-corrected chi connectivity index (χ4v) is 1.55. The van der Waals surface area contributed by atoms with Crippen molar-refractivity contribution in [2.45, 2.75) is 38.9 Å². The molecule has 4 nitrogen and oxygen atoms in total. The van der Waals surface area contributed by atoms with E-state index in [0.717, 1.165) is 6.07 Å². The molecule has 0 fully saturated rings. The van der Waals surface area contributed by atoms with Crippen LogP contribution < -0.4 is 10.6 Å². The second-order valence-corrected chi connectivity index (χ2v) is 5.37. The molecule has 0 bridgehead atoms. The normalized spacial score (nSPS) is 12.1. The van der Waals surface area contributed by atoms with Crippen molar-refractivity contribution >= 4 is 11.7 Å². The van der Waals surface area contributed by atoms with Crippen LogP contribution in [0.5, 0.6) is 0 Å². The van der Waals surface area contributed by atoms with Crippen LogP contribution in [0.1, 0.15) is 32.8 Å². The van der Waals surface area contributed by atoms with Gasteiger partial charge in [-0.05, 0) is 32.9 Å². The number of hydrogen-bond donors (Lipinski definition) is 2. The average Bonchev–Trinajstić information content (AvgIpc) is 2.25. The van der Waals surface area contributed by atoms with Crippen LogP contribution in [-0.4, -0.2) is 23.0 Å². The van der Waals surface area contributed by atoms with Crippen LogP contribution in [0.3, 0.4) is 0 Å². The van der Waals surface area contributed by atoms with E-state index in [9.17, 15) is 18.0 Å². The minimum absolute atomic E-state index is 0.0745. The first-order chi connectivity index (χ1) is 9.09. The van der Waals surface area contributed by atoms with Gasteiger partial charge in [0.1, 0.15) is 5.82 Å². The van der Waals surface area contributed by atoms with Crippen molar-refractivity contribution in [2.24, 2.45) is 0 Å². The zero-order valence-electron chi connectivity index (χ0n) is 11.6. The zero-order valence-corrected chi connectivity index (χ0v) is 11.6. The average molecular weight is 289 g/mol. The van der Waals surface area contributed by atoms with Crippen LogP contribution in [0.25, 0.3) is 0 Å². The zero-order chi connectivity index (χ0) is 15.4. The fourth-order valence-electron chi connectivity index (χ4n) is 1.55. The molecule has 1 amide bonds. The van der Waals surface area contributed by atoms with Gasteiger partial charge in [0.15, 0.2) is 0 Å². The molecule has 0 saturated heterocycles. The Balaban J connectivity index is 2.57. The van der Waals surface area contributed by atoms with Gasteiger partial charge in [-0.15, -0.1) is 0 Å². The first kappa shape index (κ1) is 16.3. The lowest BCUT2D eigenvalue weighted by molar-refractivity contribution is -0.137. The molecular weight excluding hydrogens is 271 g/mol. The van der Waals surface area contributed by atoms with E-state index in [4.69, 9.17) is 0 Å². The van der Waals surface area contributed by atoms with Crippen molar-refractivity contribution in [1.29, 1.82) is 0 Å². The van der Waals surface area contributed by atoms with E-state index in [2.05, 4.69) is 15.6 Å². The second kappa shape index (κ2) is 6.11. The molecule has 1 aromatic heterocycles. The van der Waals surface area contributed by atoms with Gasteiger partial charge in [-0.25, -0.2) is 4.98 Å². The number of alkyl halides is 3. The van der Waals surface area contributed by atoms with Crippen molar-refractivity contribution < 1.29 is 18.0 Å². The van der Waals surface area contributed by atoms with Crippen LogP contribution in [0.2, 0.25) is 0 Å². The molecule has 1 rings (SSSR count). The summed E-state index contributed by atoms with van der Waals surface area (Å²) in [7, 11) is 0. The molecule has 0 aliphatic rings. The maximum atomic E-state index is 12.7. The van der Waals surface area contributed by atoms with Crippen molar-refractivity contribution in [3.05, 3.63) is 23.9 Å².